The van der Waals surface area contributed by atoms with Crippen LogP contribution < -0.4 is 4.74 Å². The first-order valence-corrected chi connectivity index (χ1v) is 8.04. The number of hydrogen-bond acceptors (Lipinski definition) is 4. The van der Waals surface area contributed by atoms with Gasteiger partial charge in [-0.05, 0) is 29.9 Å². The zero-order chi connectivity index (χ0) is 13.2. The molecule has 0 N–H and O–H groups in total. The second-order valence-electron chi connectivity index (χ2n) is 4.70. The zero-order valence-corrected chi connectivity index (χ0v) is 12.4. The highest BCUT2D eigenvalue weighted by atomic mass is 35.5. The zero-order valence-electron chi connectivity index (χ0n) is 10.8. The van der Waals surface area contributed by atoms with Gasteiger partial charge in [-0.15, -0.1) is 11.6 Å². The first-order chi connectivity index (χ1) is 9.31. The number of fused-ring (bicyclic) bond motifs is 1. The summed E-state index contributed by atoms with van der Waals surface area (Å²) in [6.45, 7) is 0.950. The lowest BCUT2D eigenvalue weighted by atomic mass is 10.1. The van der Waals surface area contributed by atoms with Gasteiger partial charge in [0.2, 0.25) is 5.88 Å². The number of nitrogens with zero attached hydrogens (tertiary/aromatic N) is 3. The molecule has 6 heteroatoms. The number of aromatic nitrogens is 3. The van der Waals surface area contributed by atoms with Crippen LogP contribution in [0.3, 0.4) is 0 Å². The lowest BCUT2D eigenvalue weighted by Gasteiger charge is -2.12. The topological polar surface area (TPSA) is 39.9 Å². The minimum absolute atomic E-state index is 0.415. The quantitative estimate of drug-likeness (QED) is 0.814. The van der Waals surface area contributed by atoms with Crippen LogP contribution in [0.25, 0.3) is 11.2 Å². The molecule has 102 valence electrons. The van der Waals surface area contributed by atoms with E-state index in [4.69, 9.17) is 16.3 Å². The molecule has 4 nitrogen and oxygen atoms in total. The first kappa shape index (κ1) is 13.1. The van der Waals surface area contributed by atoms with Gasteiger partial charge in [0.25, 0.3) is 0 Å². The third kappa shape index (κ3) is 2.54. The summed E-state index contributed by atoms with van der Waals surface area (Å²) in [5.41, 5.74) is 1.77. The molecular weight excluding hydrogens is 282 g/mol. The highest BCUT2D eigenvalue weighted by molar-refractivity contribution is 7.99. The van der Waals surface area contributed by atoms with E-state index in [1.165, 1.54) is 17.9 Å². The molecule has 1 fully saturated rings. The summed E-state index contributed by atoms with van der Waals surface area (Å²) < 4.78 is 7.36. The van der Waals surface area contributed by atoms with Crippen molar-refractivity contribution in [1.82, 2.24) is 14.5 Å². The van der Waals surface area contributed by atoms with E-state index in [9.17, 15) is 0 Å². The number of methoxy groups -OCH3 is 1. The molecule has 1 atom stereocenters. The molecule has 1 aliphatic heterocycles. The van der Waals surface area contributed by atoms with Gasteiger partial charge >= 0.3 is 0 Å². The normalized spacial score (nSPS) is 19.2. The van der Waals surface area contributed by atoms with E-state index in [0.717, 1.165) is 23.5 Å². The SMILES string of the molecule is COc1ccc2nc(CCl)n(CC3CCSC3)c2n1. The molecule has 1 unspecified atom stereocenters. The largest absolute Gasteiger partial charge is 0.481 e. The Morgan fingerprint density at radius 1 is 1.47 bits per heavy atom. The van der Waals surface area contributed by atoms with Crippen molar-refractivity contribution in [2.75, 3.05) is 18.6 Å². The van der Waals surface area contributed by atoms with E-state index in [1.54, 1.807) is 7.11 Å². The smallest absolute Gasteiger partial charge is 0.215 e. The number of alkyl halides is 1. The first-order valence-electron chi connectivity index (χ1n) is 6.35. The summed E-state index contributed by atoms with van der Waals surface area (Å²) in [7, 11) is 1.63. The minimum Gasteiger partial charge on any atom is -0.481 e. The third-order valence-corrected chi connectivity index (χ3v) is 4.91. The van der Waals surface area contributed by atoms with Gasteiger partial charge in [-0.2, -0.15) is 16.7 Å². The Morgan fingerprint density at radius 2 is 2.37 bits per heavy atom. The van der Waals surface area contributed by atoms with Crippen LogP contribution >= 0.6 is 23.4 Å². The number of pyridine rings is 1. The van der Waals surface area contributed by atoms with Gasteiger partial charge < -0.3 is 9.30 Å². The maximum Gasteiger partial charge on any atom is 0.215 e. The fourth-order valence-corrected chi connectivity index (χ4v) is 3.90. The molecule has 3 rings (SSSR count). The minimum atomic E-state index is 0.415. The monoisotopic (exact) mass is 297 g/mol. The van der Waals surface area contributed by atoms with E-state index in [2.05, 4.69) is 14.5 Å². The van der Waals surface area contributed by atoms with Crippen LogP contribution in [0, 0.1) is 5.92 Å². The van der Waals surface area contributed by atoms with Crippen LogP contribution in [0.2, 0.25) is 0 Å². The predicted octanol–water partition coefficient (Wildman–Crippen LogP) is 2.93. The van der Waals surface area contributed by atoms with Crippen molar-refractivity contribution >= 4 is 34.5 Å². The van der Waals surface area contributed by atoms with Crippen LogP contribution in [-0.2, 0) is 12.4 Å². The number of rotatable bonds is 4. The molecule has 0 aromatic carbocycles. The Labute approximate surface area is 121 Å². The van der Waals surface area contributed by atoms with Gasteiger partial charge in [0, 0.05) is 12.6 Å². The van der Waals surface area contributed by atoms with Crippen molar-refractivity contribution in [2.24, 2.45) is 5.92 Å². The van der Waals surface area contributed by atoms with Crippen LogP contribution in [0.15, 0.2) is 12.1 Å². The molecule has 0 saturated carbocycles. The fraction of sp³-hybridized carbons (Fsp3) is 0.538. The highest BCUT2D eigenvalue weighted by Crippen LogP contribution is 2.27. The number of halogens is 1. The summed E-state index contributed by atoms with van der Waals surface area (Å²) in [5.74, 6) is 5.09. The van der Waals surface area contributed by atoms with Crippen LogP contribution in [0.1, 0.15) is 12.2 Å². The molecule has 0 aliphatic carbocycles. The summed E-state index contributed by atoms with van der Waals surface area (Å²) in [6.07, 6.45) is 1.26. The second-order valence-corrected chi connectivity index (χ2v) is 6.12. The molecular formula is C13H16ClN3OS. The average molecular weight is 298 g/mol. The van der Waals surface area contributed by atoms with Crippen molar-refractivity contribution < 1.29 is 4.74 Å². The molecule has 1 saturated heterocycles. The van der Waals surface area contributed by atoms with Gasteiger partial charge in [0.15, 0.2) is 5.65 Å². The van der Waals surface area contributed by atoms with Gasteiger partial charge in [-0.25, -0.2) is 4.98 Å². The summed E-state index contributed by atoms with van der Waals surface area (Å²) in [6, 6.07) is 3.78. The van der Waals surface area contributed by atoms with Crippen molar-refractivity contribution in [3.8, 4) is 5.88 Å². The summed E-state index contributed by atoms with van der Waals surface area (Å²) in [5, 5.41) is 0. The van der Waals surface area contributed by atoms with Gasteiger partial charge in [0.05, 0.1) is 13.0 Å². The van der Waals surface area contributed by atoms with E-state index >= 15 is 0 Å². The Bertz CT molecular complexity index is 581. The Hall–Kier alpha value is -0.940. The predicted molar refractivity (Wildman–Crippen MR) is 79.1 cm³/mol. The molecule has 2 aromatic heterocycles. The second kappa shape index (κ2) is 5.59. The Kier molecular flexibility index (Phi) is 3.84. The lowest BCUT2D eigenvalue weighted by Crippen LogP contribution is -2.12. The molecule has 0 amide bonds. The van der Waals surface area contributed by atoms with E-state index in [0.29, 0.717) is 17.7 Å². The number of imidazole rings is 1. The van der Waals surface area contributed by atoms with Crippen molar-refractivity contribution in [3.63, 3.8) is 0 Å². The number of ether oxygens (including phenoxy) is 1. The maximum absolute atomic E-state index is 6.02. The van der Waals surface area contributed by atoms with Crippen molar-refractivity contribution in [2.45, 2.75) is 18.8 Å². The van der Waals surface area contributed by atoms with Crippen LogP contribution in [0.4, 0.5) is 0 Å². The summed E-state index contributed by atoms with van der Waals surface area (Å²) >= 11 is 8.03. The van der Waals surface area contributed by atoms with Gasteiger partial charge in [0.1, 0.15) is 11.3 Å². The third-order valence-electron chi connectivity index (χ3n) is 3.44. The molecule has 2 aromatic rings. The summed E-state index contributed by atoms with van der Waals surface area (Å²) in [4.78, 5) is 9.07. The Balaban J connectivity index is 2.02. The fourth-order valence-electron chi connectivity index (χ4n) is 2.42. The van der Waals surface area contributed by atoms with Gasteiger partial charge in [-0.3, -0.25) is 0 Å². The van der Waals surface area contributed by atoms with Crippen molar-refractivity contribution in [1.29, 1.82) is 0 Å². The molecule has 1 aliphatic rings. The lowest BCUT2D eigenvalue weighted by molar-refractivity contribution is 0.398. The number of thioether (sulfide) groups is 1. The standard InChI is InChI=1S/C13H16ClN3OS/c1-18-12-3-2-10-13(16-12)17(11(6-14)15-10)7-9-4-5-19-8-9/h2-3,9H,4-8H2,1H3. The van der Waals surface area contributed by atoms with Crippen molar-refractivity contribution in [3.05, 3.63) is 18.0 Å². The molecule has 0 radical (unpaired) electrons. The van der Waals surface area contributed by atoms with Crippen LogP contribution in [-0.4, -0.2) is 33.2 Å². The number of hydrogen-bond donors (Lipinski definition) is 0. The van der Waals surface area contributed by atoms with E-state index in [1.807, 2.05) is 23.9 Å². The molecule has 0 bridgehead atoms. The molecule has 0 spiro atoms. The Morgan fingerprint density at radius 3 is 3.05 bits per heavy atom. The average Bonchev–Trinajstić information content (AvgIpc) is 3.07. The highest BCUT2D eigenvalue weighted by Gasteiger charge is 2.20. The maximum atomic E-state index is 6.02. The molecule has 19 heavy (non-hydrogen) atoms. The molecule has 3 heterocycles. The van der Waals surface area contributed by atoms with E-state index in [-0.39, 0.29) is 0 Å². The van der Waals surface area contributed by atoms with E-state index < -0.39 is 0 Å². The van der Waals surface area contributed by atoms with Gasteiger partial charge in [-0.1, -0.05) is 0 Å². The van der Waals surface area contributed by atoms with Crippen LogP contribution in [0.5, 0.6) is 5.88 Å².